The smallest absolute Gasteiger partial charge is 0.335 e. The molecule has 1 aliphatic rings. The lowest BCUT2D eigenvalue weighted by molar-refractivity contribution is 0.0697. The van der Waals surface area contributed by atoms with E-state index in [0.29, 0.717) is 12.3 Å². The first kappa shape index (κ1) is 21.8. The van der Waals surface area contributed by atoms with Crippen molar-refractivity contribution in [2.75, 3.05) is 6.61 Å². The molecule has 4 nitrogen and oxygen atoms in total. The Labute approximate surface area is 179 Å². The van der Waals surface area contributed by atoms with E-state index in [0.717, 1.165) is 29.5 Å². The van der Waals surface area contributed by atoms with E-state index in [1.165, 1.54) is 11.1 Å². The van der Waals surface area contributed by atoms with Gasteiger partial charge in [0.15, 0.2) is 0 Å². The Morgan fingerprint density at radius 1 is 1.07 bits per heavy atom. The van der Waals surface area contributed by atoms with Gasteiger partial charge < -0.3 is 9.94 Å². The maximum Gasteiger partial charge on any atom is 0.335 e. The van der Waals surface area contributed by atoms with E-state index >= 15 is 0 Å². The molecular weight excluding hydrogens is 374 g/mol. The van der Waals surface area contributed by atoms with Crippen LogP contribution in [0.25, 0.3) is 0 Å². The van der Waals surface area contributed by atoms with Crippen LogP contribution in [0.3, 0.4) is 0 Å². The Hall–Kier alpha value is -2.88. The minimum Gasteiger partial charge on any atom is -0.478 e. The molecule has 2 aromatic carbocycles. The quantitative estimate of drug-likeness (QED) is 0.278. The number of fused-ring (bicyclic) bond motifs is 1. The lowest BCUT2D eigenvalue weighted by Crippen LogP contribution is -2.34. The van der Waals surface area contributed by atoms with Crippen molar-refractivity contribution in [1.82, 2.24) is 0 Å². The van der Waals surface area contributed by atoms with Crippen LogP contribution in [0, 0.1) is 6.92 Å². The number of hydrogen-bond donors (Lipinski definition) is 1. The SMILES string of the molecule is C=CCON=C(c1ccc(C(=O)O)cc1)c1cc2c(cc1C)C(C)(C)CCC2(C)C. The molecule has 30 heavy (non-hydrogen) atoms. The first-order chi connectivity index (χ1) is 14.1. The van der Waals surface area contributed by atoms with Crippen molar-refractivity contribution in [3.8, 4) is 0 Å². The van der Waals surface area contributed by atoms with Gasteiger partial charge in [-0.15, -0.1) is 0 Å². The summed E-state index contributed by atoms with van der Waals surface area (Å²) in [6, 6.07) is 11.3. The van der Waals surface area contributed by atoms with Crippen LogP contribution in [0.1, 0.15) is 78.7 Å². The van der Waals surface area contributed by atoms with Gasteiger partial charge in [-0.2, -0.15) is 0 Å². The van der Waals surface area contributed by atoms with Crippen LogP contribution in [0.5, 0.6) is 0 Å². The number of nitrogens with zero attached hydrogens (tertiary/aromatic N) is 1. The van der Waals surface area contributed by atoms with E-state index in [4.69, 9.17) is 4.84 Å². The summed E-state index contributed by atoms with van der Waals surface area (Å²) in [4.78, 5) is 16.7. The zero-order valence-corrected chi connectivity index (χ0v) is 18.6. The number of carboxylic acid groups (broad SMARTS) is 1. The summed E-state index contributed by atoms with van der Waals surface area (Å²) in [6.45, 7) is 15.3. The zero-order valence-electron chi connectivity index (χ0n) is 18.6. The zero-order chi connectivity index (χ0) is 22.1. The Morgan fingerprint density at radius 2 is 1.60 bits per heavy atom. The molecule has 0 fully saturated rings. The molecule has 0 heterocycles. The number of hydrogen-bond acceptors (Lipinski definition) is 3. The summed E-state index contributed by atoms with van der Waals surface area (Å²) >= 11 is 0. The molecule has 0 saturated carbocycles. The van der Waals surface area contributed by atoms with Gasteiger partial charge in [0.2, 0.25) is 0 Å². The highest BCUT2D eigenvalue weighted by atomic mass is 16.6. The lowest BCUT2D eigenvalue weighted by Gasteiger charge is -2.42. The lowest BCUT2D eigenvalue weighted by atomic mass is 9.62. The summed E-state index contributed by atoms with van der Waals surface area (Å²) in [6.07, 6.45) is 3.94. The van der Waals surface area contributed by atoms with Gasteiger partial charge in [0.25, 0.3) is 0 Å². The highest BCUT2D eigenvalue weighted by Crippen LogP contribution is 2.46. The highest BCUT2D eigenvalue weighted by Gasteiger charge is 2.37. The topological polar surface area (TPSA) is 58.9 Å². The summed E-state index contributed by atoms with van der Waals surface area (Å²) in [7, 11) is 0. The summed E-state index contributed by atoms with van der Waals surface area (Å²) < 4.78 is 0. The van der Waals surface area contributed by atoms with Crippen LogP contribution in [0.15, 0.2) is 54.2 Å². The molecule has 4 heteroatoms. The van der Waals surface area contributed by atoms with Crippen LogP contribution in [0.4, 0.5) is 0 Å². The number of aryl methyl sites for hydroxylation is 1. The molecule has 0 aliphatic heterocycles. The molecule has 0 saturated heterocycles. The first-order valence-corrected chi connectivity index (χ1v) is 10.4. The standard InChI is InChI=1S/C26H31NO3/c1-7-14-30-27-23(18-8-10-19(11-9-18)24(28)29)20-16-22-21(15-17(20)2)25(3,4)12-13-26(22,5)6/h7-11,15-16H,1,12-14H2,2-6H3,(H,28,29). The van der Waals surface area contributed by atoms with Gasteiger partial charge in [0.1, 0.15) is 12.3 Å². The van der Waals surface area contributed by atoms with Gasteiger partial charge in [-0.1, -0.05) is 63.7 Å². The number of benzene rings is 2. The van der Waals surface area contributed by atoms with E-state index in [1.54, 1.807) is 30.3 Å². The predicted octanol–water partition coefficient (Wildman–Crippen LogP) is 6.00. The van der Waals surface area contributed by atoms with Crippen LogP contribution in [0.2, 0.25) is 0 Å². The molecule has 0 atom stereocenters. The minimum absolute atomic E-state index is 0.0769. The normalized spacial score (nSPS) is 17.2. The Kier molecular flexibility index (Phi) is 5.89. The van der Waals surface area contributed by atoms with Crippen molar-refractivity contribution in [2.45, 2.75) is 58.3 Å². The Bertz CT molecular complexity index is 998. The van der Waals surface area contributed by atoms with Gasteiger partial charge in [-0.05, 0) is 65.5 Å². The molecule has 0 amide bonds. The third kappa shape index (κ3) is 4.18. The second-order valence-electron chi connectivity index (χ2n) is 9.39. The van der Waals surface area contributed by atoms with Gasteiger partial charge in [-0.3, -0.25) is 0 Å². The summed E-state index contributed by atoms with van der Waals surface area (Å²) in [5, 5.41) is 13.6. The molecule has 0 radical (unpaired) electrons. The van der Waals surface area contributed by atoms with Gasteiger partial charge in [0.05, 0.1) is 5.56 Å². The second-order valence-corrected chi connectivity index (χ2v) is 9.39. The molecular formula is C26H31NO3. The summed E-state index contributed by atoms with van der Waals surface area (Å²) in [5.41, 5.74) is 6.85. The molecule has 158 valence electrons. The molecule has 0 unspecified atom stereocenters. The predicted molar refractivity (Wildman–Crippen MR) is 122 cm³/mol. The fourth-order valence-electron chi connectivity index (χ4n) is 4.16. The Morgan fingerprint density at radius 3 is 2.13 bits per heavy atom. The van der Waals surface area contributed by atoms with Crippen LogP contribution in [-0.4, -0.2) is 23.4 Å². The minimum atomic E-state index is -0.947. The van der Waals surface area contributed by atoms with Gasteiger partial charge in [0, 0.05) is 11.1 Å². The molecule has 1 N–H and O–H groups in total. The maximum atomic E-state index is 11.2. The molecule has 0 spiro atoms. The van der Waals surface area contributed by atoms with E-state index < -0.39 is 5.97 Å². The van der Waals surface area contributed by atoms with Crippen molar-refractivity contribution < 1.29 is 14.7 Å². The van der Waals surface area contributed by atoms with E-state index in [1.807, 2.05) is 0 Å². The Balaban J connectivity index is 2.18. The first-order valence-electron chi connectivity index (χ1n) is 10.4. The van der Waals surface area contributed by atoms with Gasteiger partial charge in [-0.25, -0.2) is 4.79 Å². The van der Waals surface area contributed by atoms with Gasteiger partial charge >= 0.3 is 5.97 Å². The van der Waals surface area contributed by atoms with Crippen molar-refractivity contribution in [3.05, 3.63) is 82.4 Å². The van der Waals surface area contributed by atoms with Crippen molar-refractivity contribution >= 4 is 11.7 Å². The highest BCUT2D eigenvalue weighted by molar-refractivity contribution is 6.14. The number of carbonyl (C=O) groups is 1. The van der Waals surface area contributed by atoms with Crippen molar-refractivity contribution in [3.63, 3.8) is 0 Å². The fourth-order valence-corrected chi connectivity index (χ4v) is 4.16. The molecule has 3 rings (SSSR count). The van der Waals surface area contributed by atoms with Crippen LogP contribution < -0.4 is 0 Å². The third-order valence-electron chi connectivity index (χ3n) is 6.21. The number of carboxylic acids is 1. The van der Waals surface area contributed by atoms with Crippen molar-refractivity contribution in [1.29, 1.82) is 0 Å². The average Bonchev–Trinajstić information content (AvgIpc) is 2.69. The average molecular weight is 406 g/mol. The maximum absolute atomic E-state index is 11.2. The van der Waals surface area contributed by atoms with E-state index in [2.05, 4.69) is 58.5 Å². The van der Waals surface area contributed by atoms with Crippen molar-refractivity contribution in [2.24, 2.45) is 5.16 Å². The van der Waals surface area contributed by atoms with Crippen LogP contribution in [-0.2, 0) is 15.7 Å². The summed E-state index contributed by atoms with van der Waals surface area (Å²) in [5.74, 6) is -0.947. The number of oxime groups is 1. The van der Waals surface area contributed by atoms with Crippen LogP contribution >= 0.6 is 0 Å². The largest absolute Gasteiger partial charge is 0.478 e. The molecule has 0 aromatic heterocycles. The number of aromatic carboxylic acids is 1. The monoisotopic (exact) mass is 405 g/mol. The van der Waals surface area contributed by atoms with E-state index in [9.17, 15) is 9.90 Å². The molecule has 1 aliphatic carbocycles. The van der Waals surface area contributed by atoms with E-state index in [-0.39, 0.29) is 16.4 Å². The second kappa shape index (κ2) is 8.10. The molecule has 2 aromatic rings. The number of rotatable bonds is 6. The third-order valence-corrected chi connectivity index (χ3v) is 6.21. The molecule has 0 bridgehead atoms. The fraction of sp³-hybridized carbons (Fsp3) is 0.385.